The summed E-state index contributed by atoms with van der Waals surface area (Å²) in [5.41, 5.74) is 0.898. The van der Waals surface area contributed by atoms with Gasteiger partial charge >= 0.3 is 0 Å². The quantitative estimate of drug-likeness (QED) is 0.606. The lowest BCUT2D eigenvalue weighted by Crippen LogP contribution is -2.27. The van der Waals surface area contributed by atoms with Crippen LogP contribution in [0.4, 0.5) is 5.69 Å². The zero-order valence-corrected chi connectivity index (χ0v) is 16.9. The summed E-state index contributed by atoms with van der Waals surface area (Å²) in [4.78, 5) is 14.2. The van der Waals surface area contributed by atoms with E-state index in [9.17, 15) is 13.2 Å². The Balaban J connectivity index is 1.76. The highest BCUT2D eigenvalue weighted by Gasteiger charge is 2.22. The molecule has 28 heavy (non-hydrogen) atoms. The Hall–Kier alpha value is -2.77. The molecule has 1 heterocycles. The molecule has 1 amide bonds. The molecule has 0 radical (unpaired) electrons. The number of carbonyl (C=O) groups excluding carboxylic acids is 1. The van der Waals surface area contributed by atoms with Gasteiger partial charge in [0.25, 0.3) is 15.9 Å². The van der Waals surface area contributed by atoms with E-state index < -0.39 is 10.0 Å². The van der Waals surface area contributed by atoms with E-state index in [0.717, 1.165) is 4.31 Å². The van der Waals surface area contributed by atoms with Crippen molar-refractivity contribution in [3.8, 4) is 0 Å². The van der Waals surface area contributed by atoms with Gasteiger partial charge in [0, 0.05) is 24.7 Å². The SMILES string of the molecule is CN(Cc1ccco1)C(=O)c1ccc(N(C)S(=O)(=O)c2ccc(Cl)cc2)cc1. The average Bonchev–Trinajstić information content (AvgIpc) is 3.20. The number of furan rings is 1. The number of anilines is 1. The maximum Gasteiger partial charge on any atom is 0.264 e. The van der Waals surface area contributed by atoms with Crippen LogP contribution >= 0.6 is 11.6 Å². The molecule has 146 valence electrons. The summed E-state index contributed by atoms with van der Waals surface area (Å²) in [5, 5.41) is 0.461. The van der Waals surface area contributed by atoms with Crippen LogP contribution in [0, 0.1) is 0 Å². The number of sulfonamides is 1. The smallest absolute Gasteiger partial charge is 0.264 e. The molecular weight excluding hydrogens is 400 g/mol. The first kappa shape index (κ1) is 20.0. The summed E-state index contributed by atoms with van der Waals surface area (Å²) in [6, 6.07) is 15.9. The van der Waals surface area contributed by atoms with E-state index in [4.69, 9.17) is 16.0 Å². The zero-order valence-electron chi connectivity index (χ0n) is 15.4. The molecule has 0 saturated heterocycles. The van der Waals surface area contributed by atoms with E-state index in [0.29, 0.717) is 28.6 Å². The standard InChI is InChI=1S/C20H19ClN2O4S/c1-22(14-18-4-3-13-27-18)20(24)15-5-9-17(10-6-15)23(2)28(25,26)19-11-7-16(21)8-12-19/h3-13H,14H2,1-2H3. The molecule has 6 nitrogen and oxygen atoms in total. The Morgan fingerprint density at radius 1 is 1.00 bits per heavy atom. The molecular formula is C20H19ClN2O4S. The third-order valence-electron chi connectivity index (χ3n) is 4.27. The van der Waals surface area contributed by atoms with Crippen molar-refractivity contribution in [1.29, 1.82) is 0 Å². The van der Waals surface area contributed by atoms with Crippen LogP contribution < -0.4 is 4.31 Å². The van der Waals surface area contributed by atoms with E-state index in [1.807, 2.05) is 0 Å². The maximum absolute atomic E-state index is 12.7. The molecule has 0 aliphatic rings. The van der Waals surface area contributed by atoms with Gasteiger partial charge in [0.15, 0.2) is 0 Å². The van der Waals surface area contributed by atoms with E-state index in [1.54, 1.807) is 49.7 Å². The monoisotopic (exact) mass is 418 g/mol. The van der Waals surface area contributed by atoms with Crippen molar-refractivity contribution in [2.45, 2.75) is 11.4 Å². The van der Waals surface area contributed by atoms with Gasteiger partial charge in [-0.3, -0.25) is 9.10 Å². The van der Waals surface area contributed by atoms with Crippen molar-refractivity contribution in [1.82, 2.24) is 4.90 Å². The molecule has 0 aliphatic heterocycles. The lowest BCUT2D eigenvalue weighted by Gasteiger charge is -2.20. The summed E-state index contributed by atoms with van der Waals surface area (Å²) < 4.78 is 31.9. The largest absolute Gasteiger partial charge is 0.467 e. The molecule has 3 aromatic rings. The summed E-state index contributed by atoms with van der Waals surface area (Å²) in [7, 11) is -0.587. The molecule has 8 heteroatoms. The average molecular weight is 419 g/mol. The fraction of sp³-hybridized carbons (Fsp3) is 0.150. The molecule has 0 fully saturated rings. The van der Waals surface area contributed by atoms with Crippen LogP contribution in [0.3, 0.4) is 0 Å². The molecule has 0 unspecified atom stereocenters. The summed E-state index contributed by atoms with van der Waals surface area (Å²) in [5.74, 6) is 0.493. The second kappa shape index (κ2) is 8.08. The minimum atomic E-state index is -3.73. The number of nitrogens with zero attached hydrogens (tertiary/aromatic N) is 2. The van der Waals surface area contributed by atoms with Gasteiger partial charge in [-0.15, -0.1) is 0 Å². The lowest BCUT2D eigenvalue weighted by molar-refractivity contribution is 0.0775. The van der Waals surface area contributed by atoms with Crippen LogP contribution in [0.1, 0.15) is 16.1 Å². The Morgan fingerprint density at radius 2 is 1.64 bits per heavy atom. The molecule has 0 atom stereocenters. The van der Waals surface area contributed by atoms with Crippen LogP contribution in [0.15, 0.2) is 76.2 Å². The van der Waals surface area contributed by atoms with Crippen molar-refractivity contribution in [2.75, 3.05) is 18.4 Å². The first-order chi connectivity index (χ1) is 13.3. The predicted octanol–water partition coefficient (Wildman–Crippen LogP) is 4.03. The van der Waals surface area contributed by atoms with Crippen LogP contribution in [0.2, 0.25) is 5.02 Å². The second-order valence-electron chi connectivity index (χ2n) is 6.21. The predicted molar refractivity (Wildman–Crippen MR) is 108 cm³/mol. The first-order valence-electron chi connectivity index (χ1n) is 8.41. The Labute approximate surface area is 169 Å². The van der Waals surface area contributed by atoms with Gasteiger partial charge in [0.1, 0.15) is 5.76 Å². The Morgan fingerprint density at radius 3 is 2.21 bits per heavy atom. The lowest BCUT2D eigenvalue weighted by atomic mass is 10.2. The topological polar surface area (TPSA) is 70.8 Å². The summed E-state index contributed by atoms with van der Waals surface area (Å²) in [6.07, 6.45) is 1.55. The summed E-state index contributed by atoms with van der Waals surface area (Å²) in [6.45, 7) is 0.346. The molecule has 0 aliphatic carbocycles. The van der Waals surface area contributed by atoms with E-state index in [1.165, 1.54) is 36.2 Å². The van der Waals surface area contributed by atoms with Gasteiger partial charge in [-0.25, -0.2) is 8.42 Å². The number of hydrogen-bond acceptors (Lipinski definition) is 4. The number of hydrogen-bond donors (Lipinski definition) is 0. The summed E-state index contributed by atoms with van der Waals surface area (Å²) >= 11 is 5.83. The molecule has 0 spiro atoms. The van der Waals surface area contributed by atoms with E-state index >= 15 is 0 Å². The number of carbonyl (C=O) groups is 1. The zero-order chi connectivity index (χ0) is 20.3. The highest BCUT2D eigenvalue weighted by molar-refractivity contribution is 7.92. The van der Waals surface area contributed by atoms with Gasteiger partial charge < -0.3 is 9.32 Å². The molecule has 2 aromatic carbocycles. The minimum absolute atomic E-state index is 0.137. The van der Waals surface area contributed by atoms with Gasteiger partial charge in [-0.1, -0.05) is 11.6 Å². The first-order valence-corrected chi connectivity index (χ1v) is 10.2. The van der Waals surface area contributed by atoms with Crippen molar-refractivity contribution >= 4 is 33.2 Å². The molecule has 3 rings (SSSR count). The fourth-order valence-electron chi connectivity index (χ4n) is 2.65. The molecule has 0 saturated carbocycles. The third-order valence-corrected chi connectivity index (χ3v) is 6.32. The van der Waals surface area contributed by atoms with Crippen LogP contribution in [0.5, 0.6) is 0 Å². The van der Waals surface area contributed by atoms with Gasteiger partial charge in [-0.05, 0) is 60.7 Å². The molecule has 0 bridgehead atoms. The Kier molecular flexibility index (Phi) is 5.76. The number of halogens is 1. The second-order valence-corrected chi connectivity index (χ2v) is 8.62. The highest BCUT2D eigenvalue weighted by atomic mass is 35.5. The normalized spacial score (nSPS) is 11.2. The minimum Gasteiger partial charge on any atom is -0.467 e. The molecule has 0 N–H and O–H groups in total. The van der Waals surface area contributed by atoms with Crippen molar-refractivity contribution < 1.29 is 17.6 Å². The van der Waals surface area contributed by atoms with Gasteiger partial charge in [-0.2, -0.15) is 0 Å². The van der Waals surface area contributed by atoms with Gasteiger partial charge in [0.05, 0.1) is 23.4 Å². The number of benzene rings is 2. The van der Waals surface area contributed by atoms with Gasteiger partial charge in [0.2, 0.25) is 0 Å². The maximum atomic E-state index is 12.7. The number of rotatable bonds is 6. The number of amides is 1. The van der Waals surface area contributed by atoms with E-state index in [-0.39, 0.29) is 10.8 Å². The van der Waals surface area contributed by atoms with Crippen LogP contribution in [-0.4, -0.2) is 33.3 Å². The van der Waals surface area contributed by atoms with Crippen LogP contribution in [0.25, 0.3) is 0 Å². The third kappa shape index (κ3) is 4.21. The highest BCUT2D eigenvalue weighted by Crippen LogP contribution is 2.24. The molecule has 1 aromatic heterocycles. The van der Waals surface area contributed by atoms with Crippen LogP contribution in [-0.2, 0) is 16.6 Å². The van der Waals surface area contributed by atoms with Crippen molar-refractivity contribution in [3.05, 3.63) is 83.3 Å². The Bertz CT molecular complexity index is 1050. The van der Waals surface area contributed by atoms with Crippen molar-refractivity contribution in [2.24, 2.45) is 0 Å². The van der Waals surface area contributed by atoms with E-state index in [2.05, 4.69) is 0 Å². The fourth-order valence-corrected chi connectivity index (χ4v) is 3.97. The van der Waals surface area contributed by atoms with Crippen molar-refractivity contribution in [3.63, 3.8) is 0 Å².